The molecule has 0 bridgehead atoms. The highest BCUT2D eigenvalue weighted by molar-refractivity contribution is 7.89. The molecule has 1 aliphatic rings. The molecule has 0 saturated carbocycles. The van der Waals surface area contributed by atoms with Crippen molar-refractivity contribution in [1.82, 2.24) is 19.3 Å². The van der Waals surface area contributed by atoms with Crippen molar-refractivity contribution in [3.8, 4) is 11.5 Å². The number of aromatic nitrogens is 2. The Balaban J connectivity index is 1.38. The molecule has 1 saturated heterocycles. The Morgan fingerprint density at radius 3 is 2.27 bits per heavy atom. The van der Waals surface area contributed by atoms with E-state index < -0.39 is 10.0 Å². The van der Waals surface area contributed by atoms with Crippen molar-refractivity contribution in [1.29, 1.82) is 0 Å². The van der Waals surface area contributed by atoms with Crippen molar-refractivity contribution < 1.29 is 12.9 Å². The van der Waals surface area contributed by atoms with Gasteiger partial charge in [-0.25, -0.2) is 8.42 Å². The van der Waals surface area contributed by atoms with Gasteiger partial charge in [0.25, 0.3) is 5.89 Å². The molecular weight excluding hydrogens is 483 g/mol. The normalized spacial score (nSPS) is 16.3. The lowest BCUT2D eigenvalue weighted by atomic mass is 9.87. The van der Waals surface area contributed by atoms with Crippen LogP contribution in [0.5, 0.6) is 0 Å². The van der Waals surface area contributed by atoms with Crippen LogP contribution in [0.4, 0.5) is 0 Å². The summed E-state index contributed by atoms with van der Waals surface area (Å²) in [5.74, 6) is 0.844. The summed E-state index contributed by atoms with van der Waals surface area (Å²) in [6.07, 6.45) is 0. The van der Waals surface area contributed by atoms with Crippen molar-refractivity contribution in [2.24, 2.45) is 0 Å². The highest BCUT2D eigenvalue weighted by Crippen LogP contribution is 2.29. The second-order valence-electron chi connectivity index (χ2n) is 9.09. The third-order valence-electron chi connectivity index (χ3n) is 5.68. The Morgan fingerprint density at radius 1 is 1.00 bits per heavy atom. The summed E-state index contributed by atoms with van der Waals surface area (Å²) in [6, 6.07) is 12.3. The van der Waals surface area contributed by atoms with Crippen molar-refractivity contribution in [2.75, 3.05) is 26.2 Å². The molecule has 1 aliphatic heterocycles. The van der Waals surface area contributed by atoms with Crippen LogP contribution >= 0.6 is 23.2 Å². The molecule has 176 valence electrons. The third kappa shape index (κ3) is 5.41. The number of sulfonamides is 1. The highest BCUT2D eigenvalue weighted by Gasteiger charge is 2.29. The lowest BCUT2D eigenvalue weighted by molar-refractivity contribution is 0.176. The van der Waals surface area contributed by atoms with Crippen molar-refractivity contribution in [3.63, 3.8) is 0 Å². The summed E-state index contributed by atoms with van der Waals surface area (Å²) >= 11 is 12.2. The van der Waals surface area contributed by atoms with Gasteiger partial charge in [0.15, 0.2) is 5.82 Å². The number of benzene rings is 2. The van der Waals surface area contributed by atoms with Crippen molar-refractivity contribution in [3.05, 3.63) is 63.9 Å². The van der Waals surface area contributed by atoms with Gasteiger partial charge in [0.05, 0.1) is 22.0 Å². The predicted molar refractivity (Wildman–Crippen MR) is 129 cm³/mol. The number of halogens is 2. The van der Waals surface area contributed by atoms with E-state index in [1.807, 2.05) is 12.1 Å². The predicted octanol–water partition coefficient (Wildman–Crippen LogP) is 4.85. The smallest absolute Gasteiger partial charge is 0.259 e. The molecule has 0 atom stereocenters. The zero-order valence-corrected chi connectivity index (χ0v) is 21.1. The van der Waals surface area contributed by atoms with E-state index in [9.17, 15) is 8.42 Å². The van der Waals surface area contributed by atoms with Gasteiger partial charge in [0.2, 0.25) is 10.0 Å². The van der Waals surface area contributed by atoms with Gasteiger partial charge in [0, 0.05) is 31.2 Å². The van der Waals surface area contributed by atoms with Crippen LogP contribution in [0.3, 0.4) is 0 Å². The van der Waals surface area contributed by atoms with E-state index in [0.29, 0.717) is 64.9 Å². The Morgan fingerprint density at radius 2 is 1.67 bits per heavy atom. The first kappa shape index (κ1) is 24.2. The van der Waals surface area contributed by atoms with E-state index in [1.54, 1.807) is 30.3 Å². The quantitative estimate of drug-likeness (QED) is 0.490. The number of rotatable bonds is 5. The first-order valence-electron chi connectivity index (χ1n) is 10.6. The van der Waals surface area contributed by atoms with Crippen LogP contribution in [-0.4, -0.2) is 53.9 Å². The third-order valence-corrected chi connectivity index (χ3v) is 8.14. The number of piperazine rings is 1. The van der Waals surface area contributed by atoms with Gasteiger partial charge in [-0.15, -0.1) is 0 Å². The zero-order valence-electron chi connectivity index (χ0n) is 18.8. The van der Waals surface area contributed by atoms with E-state index >= 15 is 0 Å². The summed E-state index contributed by atoms with van der Waals surface area (Å²) in [5.41, 5.74) is 1.70. The fraction of sp³-hybridized carbons (Fsp3) is 0.391. The molecule has 4 rings (SSSR count). The highest BCUT2D eigenvalue weighted by atomic mass is 35.5. The number of hydrogen-bond donors (Lipinski definition) is 0. The average molecular weight is 509 g/mol. The van der Waals surface area contributed by atoms with Gasteiger partial charge in [-0.1, -0.05) is 61.3 Å². The summed E-state index contributed by atoms with van der Waals surface area (Å²) < 4.78 is 33.0. The molecule has 33 heavy (non-hydrogen) atoms. The average Bonchev–Trinajstić information content (AvgIpc) is 3.21. The topological polar surface area (TPSA) is 79.5 Å². The van der Waals surface area contributed by atoms with Gasteiger partial charge < -0.3 is 4.52 Å². The molecule has 2 aromatic carbocycles. The van der Waals surface area contributed by atoms with Crippen molar-refractivity contribution >= 4 is 33.2 Å². The molecule has 7 nitrogen and oxygen atoms in total. The van der Waals surface area contributed by atoms with Gasteiger partial charge >= 0.3 is 0 Å². The molecule has 1 aromatic heterocycles. The maximum Gasteiger partial charge on any atom is 0.259 e. The minimum atomic E-state index is -3.53. The van der Waals surface area contributed by atoms with Crippen LogP contribution in [0.25, 0.3) is 11.5 Å². The molecule has 0 amide bonds. The van der Waals surface area contributed by atoms with E-state index in [4.69, 9.17) is 27.7 Å². The molecule has 0 N–H and O–H groups in total. The second-order valence-corrected chi connectivity index (χ2v) is 11.9. The summed E-state index contributed by atoms with van der Waals surface area (Å²) in [4.78, 5) is 6.86. The maximum atomic E-state index is 13.1. The molecule has 0 spiro atoms. The van der Waals surface area contributed by atoms with E-state index in [1.165, 1.54) is 4.31 Å². The minimum Gasteiger partial charge on any atom is -0.334 e. The van der Waals surface area contributed by atoms with Crippen LogP contribution in [0.2, 0.25) is 10.0 Å². The minimum absolute atomic E-state index is 0.0260. The van der Waals surface area contributed by atoms with Crippen LogP contribution in [-0.2, 0) is 22.0 Å². The van der Waals surface area contributed by atoms with Gasteiger partial charge in [-0.3, -0.25) is 4.90 Å². The first-order chi connectivity index (χ1) is 15.5. The van der Waals surface area contributed by atoms with Crippen molar-refractivity contribution in [2.45, 2.75) is 37.6 Å². The number of nitrogens with zero attached hydrogens (tertiary/aromatic N) is 4. The molecule has 3 aromatic rings. The Labute approximate surface area is 204 Å². The Kier molecular flexibility index (Phi) is 6.85. The SMILES string of the molecule is CC(C)(C)c1ccc(S(=O)(=O)N2CCN(Cc3noc(-c4ccc(Cl)cc4Cl)n3)CC2)cc1. The lowest BCUT2D eigenvalue weighted by Gasteiger charge is -2.33. The molecular formula is C23H26Cl2N4O3S. The Hall–Kier alpha value is -1.97. The summed E-state index contributed by atoms with van der Waals surface area (Å²) in [5, 5.41) is 5.01. The summed E-state index contributed by atoms with van der Waals surface area (Å²) in [7, 11) is -3.53. The molecule has 1 fully saturated rings. The fourth-order valence-electron chi connectivity index (χ4n) is 3.69. The van der Waals surface area contributed by atoms with Gasteiger partial charge in [-0.2, -0.15) is 9.29 Å². The van der Waals surface area contributed by atoms with Crippen LogP contribution in [0, 0.1) is 0 Å². The van der Waals surface area contributed by atoms with Crippen LogP contribution < -0.4 is 0 Å². The molecule has 10 heteroatoms. The lowest BCUT2D eigenvalue weighted by Crippen LogP contribution is -2.48. The van der Waals surface area contributed by atoms with Crippen LogP contribution in [0.1, 0.15) is 32.2 Å². The largest absolute Gasteiger partial charge is 0.334 e. The molecule has 2 heterocycles. The molecule has 0 unspecified atom stereocenters. The molecule has 0 aliphatic carbocycles. The van der Waals surface area contributed by atoms with Gasteiger partial charge in [0.1, 0.15) is 0 Å². The second kappa shape index (κ2) is 9.35. The zero-order chi connectivity index (χ0) is 23.8. The summed E-state index contributed by atoms with van der Waals surface area (Å²) in [6.45, 7) is 8.72. The first-order valence-corrected chi connectivity index (χ1v) is 12.8. The van der Waals surface area contributed by atoms with Gasteiger partial charge in [-0.05, 0) is 41.3 Å². The maximum absolute atomic E-state index is 13.1. The van der Waals surface area contributed by atoms with Crippen LogP contribution in [0.15, 0.2) is 51.9 Å². The molecule has 0 radical (unpaired) electrons. The Bertz CT molecular complexity index is 1230. The fourth-order valence-corrected chi connectivity index (χ4v) is 5.61. The standard InChI is InChI=1S/C23H26Cl2N4O3S/c1-23(2,3)16-4-7-18(8-5-16)33(30,31)29-12-10-28(11-13-29)15-21-26-22(32-27-21)19-9-6-17(24)14-20(19)25/h4-9,14H,10-13,15H2,1-3H3. The van der Waals surface area contributed by atoms with E-state index in [0.717, 1.165) is 5.56 Å². The number of hydrogen-bond acceptors (Lipinski definition) is 6. The van der Waals surface area contributed by atoms with E-state index in [-0.39, 0.29) is 5.41 Å². The van der Waals surface area contributed by atoms with E-state index in [2.05, 4.69) is 35.8 Å². The monoisotopic (exact) mass is 508 g/mol.